The Morgan fingerprint density at radius 3 is 2.57 bits per heavy atom. The fraction of sp³-hybridized carbons (Fsp3) is 0.0909. The van der Waals surface area contributed by atoms with Crippen molar-refractivity contribution in [2.45, 2.75) is 3.79 Å². The maximum absolute atomic E-state index is 5.78. The Balaban J connectivity index is 2.63. The lowest BCUT2D eigenvalue weighted by atomic mass is 10.1. The van der Waals surface area contributed by atoms with Crippen LogP contribution in [-0.2, 0) is 3.79 Å². The zero-order valence-corrected chi connectivity index (χ0v) is 9.37. The van der Waals surface area contributed by atoms with E-state index >= 15 is 0 Å². The van der Waals surface area contributed by atoms with Crippen molar-refractivity contribution in [3.05, 3.63) is 48.0 Å². The van der Waals surface area contributed by atoms with E-state index in [0.29, 0.717) is 5.56 Å². The van der Waals surface area contributed by atoms with E-state index in [0.717, 1.165) is 10.8 Å². The summed E-state index contributed by atoms with van der Waals surface area (Å²) >= 11 is 17.3. The molecule has 0 fully saturated rings. The van der Waals surface area contributed by atoms with Crippen LogP contribution < -0.4 is 0 Å². The zero-order chi connectivity index (χ0) is 10.2. The lowest BCUT2D eigenvalue weighted by Crippen LogP contribution is -1.99. The van der Waals surface area contributed by atoms with Gasteiger partial charge in [0.2, 0.25) is 3.79 Å². The zero-order valence-electron chi connectivity index (χ0n) is 7.10. The predicted molar refractivity (Wildman–Crippen MR) is 62.0 cm³/mol. The summed E-state index contributed by atoms with van der Waals surface area (Å²) in [6.45, 7) is 0. The van der Waals surface area contributed by atoms with Crippen LogP contribution in [0.25, 0.3) is 10.8 Å². The molecule has 0 aromatic heterocycles. The first-order valence-electron chi connectivity index (χ1n) is 4.05. The van der Waals surface area contributed by atoms with Gasteiger partial charge in [-0.25, -0.2) is 0 Å². The second kappa shape index (κ2) is 3.62. The average Bonchev–Trinajstić information content (AvgIpc) is 2.16. The lowest BCUT2D eigenvalue weighted by molar-refractivity contribution is 1.25. The molecule has 0 saturated carbocycles. The molecule has 0 heterocycles. The van der Waals surface area contributed by atoms with Gasteiger partial charge in [0.25, 0.3) is 0 Å². The summed E-state index contributed by atoms with van der Waals surface area (Å²) in [7, 11) is 0. The van der Waals surface area contributed by atoms with Gasteiger partial charge in [-0.05, 0) is 22.9 Å². The van der Waals surface area contributed by atoms with Crippen molar-refractivity contribution in [3.63, 3.8) is 0 Å². The Kier molecular flexibility index (Phi) is 2.61. The Hall–Kier alpha value is -0.430. The minimum Gasteiger partial charge on any atom is -0.0784 e. The molecule has 0 bridgehead atoms. The van der Waals surface area contributed by atoms with E-state index in [4.69, 9.17) is 34.8 Å². The van der Waals surface area contributed by atoms with Crippen LogP contribution in [0, 0.1) is 6.07 Å². The second-order valence-electron chi connectivity index (χ2n) is 2.97. The Bertz CT molecular complexity index is 457. The molecular weight excluding hydrogens is 238 g/mol. The third-order valence-electron chi connectivity index (χ3n) is 1.99. The normalized spacial score (nSPS) is 11.9. The highest BCUT2D eigenvalue weighted by molar-refractivity contribution is 6.66. The molecule has 0 spiro atoms. The van der Waals surface area contributed by atoms with Gasteiger partial charge in [-0.2, -0.15) is 0 Å². The third kappa shape index (κ3) is 1.98. The summed E-state index contributed by atoms with van der Waals surface area (Å²) in [6, 6.07) is 14.4. The van der Waals surface area contributed by atoms with Crippen LogP contribution in [0.2, 0.25) is 0 Å². The Morgan fingerprint density at radius 1 is 1.07 bits per heavy atom. The number of hydrogen-bond donors (Lipinski definition) is 0. The van der Waals surface area contributed by atoms with Gasteiger partial charge < -0.3 is 0 Å². The van der Waals surface area contributed by atoms with Crippen LogP contribution in [0.1, 0.15) is 5.56 Å². The van der Waals surface area contributed by atoms with E-state index in [-0.39, 0.29) is 0 Å². The summed E-state index contributed by atoms with van der Waals surface area (Å²) in [5.41, 5.74) is 0.664. The van der Waals surface area contributed by atoms with Gasteiger partial charge >= 0.3 is 0 Å². The standard InChI is InChI=1S/C11H6Cl3/c12-11(13,14)10-6-5-8-3-1-2-4-9(8)7-10/h1-3,5-7H. The highest BCUT2D eigenvalue weighted by Crippen LogP contribution is 2.38. The number of rotatable bonds is 0. The van der Waals surface area contributed by atoms with Crippen molar-refractivity contribution in [1.29, 1.82) is 0 Å². The van der Waals surface area contributed by atoms with Gasteiger partial charge in [-0.1, -0.05) is 65.1 Å². The molecule has 2 aromatic carbocycles. The van der Waals surface area contributed by atoms with Crippen molar-refractivity contribution in [2.75, 3.05) is 0 Å². The average molecular weight is 245 g/mol. The molecule has 3 heteroatoms. The Labute approximate surface area is 97.4 Å². The molecule has 0 aliphatic rings. The summed E-state index contributed by atoms with van der Waals surface area (Å²) in [5, 5.41) is 2.04. The number of alkyl halides is 3. The fourth-order valence-electron chi connectivity index (χ4n) is 1.29. The molecule has 2 aromatic rings. The first-order chi connectivity index (χ1) is 6.57. The quantitative estimate of drug-likeness (QED) is 0.600. The molecule has 14 heavy (non-hydrogen) atoms. The van der Waals surface area contributed by atoms with E-state index in [1.165, 1.54) is 0 Å². The molecular formula is C11H6Cl3. The molecule has 0 nitrogen and oxygen atoms in total. The molecule has 0 aliphatic carbocycles. The summed E-state index contributed by atoms with van der Waals surface area (Å²) in [5.74, 6) is 0. The minimum absolute atomic E-state index is 0.664. The molecule has 0 unspecified atom stereocenters. The van der Waals surface area contributed by atoms with Crippen molar-refractivity contribution < 1.29 is 0 Å². The first-order valence-corrected chi connectivity index (χ1v) is 5.18. The minimum atomic E-state index is -1.36. The molecule has 0 aliphatic heterocycles. The number of hydrogen-bond acceptors (Lipinski definition) is 0. The van der Waals surface area contributed by atoms with Crippen LogP contribution in [0.4, 0.5) is 0 Å². The Morgan fingerprint density at radius 2 is 1.86 bits per heavy atom. The van der Waals surface area contributed by atoms with Crippen LogP contribution in [-0.4, -0.2) is 0 Å². The van der Waals surface area contributed by atoms with E-state index < -0.39 is 3.79 Å². The molecule has 71 valence electrons. The van der Waals surface area contributed by atoms with Gasteiger partial charge in [0.05, 0.1) is 0 Å². The summed E-state index contributed by atoms with van der Waals surface area (Å²) < 4.78 is -1.36. The number of benzene rings is 2. The molecule has 0 N–H and O–H groups in total. The largest absolute Gasteiger partial charge is 0.216 e. The maximum atomic E-state index is 5.78. The van der Waals surface area contributed by atoms with Gasteiger partial charge in [-0.3, -0.25) is 0 Å². The first kappa shape index (κ1) is 10.1. The maximum Gasteiger partial charge on any atom is 0.216 e. The van der Waals surface area contributed by atoms with Crippen molar-refractivity contribution >= 4 is 45.6 Å². The van der Waals surface area contributed by atoms with Crippen molar-refractivity contribution in [3.8, 4) is 0 Å². The fourth-order valence-corrected chi connectivity index (χ4v) is 1.65. The molecule has 1 radical (unpaired) electrons. The van der Waals surface area contributed by atoms with Crippen LogP contribution in [0.15, 0.2) is 36.4 Å². The topological polar surface area (TPSA) is 0 Å². The van der Waals surface area contributed by atoms with Gasteiger partial charge in [0.1, 0.15) is 0 Å². The lowest BCUT2D eigenvalue weighted by Gasteiger charge is -2.11. The van der Waals surface area contributed by atoms with Crippen LogP contribution in [0.5, 0.6) is 0 Å². The molecule has 0 amide bonds. The summed E-state index contributed by atoms with van der Waals surface area (Å²) in [4.78, 5) is 0. The van der Waals surface area contributed by atoms with Gasteiger partial charge in [-0.15, -0.1) is 0 Å². The van der Waals surface area contributed by atoms with E-state index in [9.17, 15) is 0 Å². The molecule has 0 saturated heterocycles. The summed E-state index contributed by atoms with van der Waals surface area (Å²) in [6.07, 6.45) is 0. The second-order valence-corrected chi connectivity index (χ2v) is 5.25. The SMILES string of the molecule is ClC(Cl)(Cl)c1ccc2ccc[c]c2c1. The van der Waals surface area contributed by atoms with Gasteiger partial charge in [0.15, 0.2) is 0 Å². The number of halogens is 3. The highest BCUT2D eigenvalue weighted by Gasteiger charge is 2.22. The molecule has 2 rings (SSSR count). The smallest absolute Gasteiger partial charge is 0.0784 e. The van der Waals surface area contributed by atoms with E-state index in [1.54, 1.807) is 0 Å². The van der Waals surface area contributed by atoms with E-state index in [2.05, 4.69) is 6.07 Å². The monoisotopic (exact) mass is 243 g/mol. The van der Waals surface area contributed by atoms with Crippen LogP contribution >= 0.6 is 34.8 Å². The van der Waals surface area contributed by atoms with Crippen molar-refractivity contribution in [2.24, 2.45) is 0 Å². The highest BCUT2D eigenvalue weighted by atomic mass is 35.6. The molecule has 0 atom stereocenters. The number of fused-ring (bicyclic) bond motifs is 1. The predicted octanol–water partition coefficient (Wildman–Crippen LogP) is 4.47. The van der Waals surface area contributed by atoms with E-state index in [1.807, 2.05) is 36.4 Å². The van der Waals surface area contributed by atoms with Gasteiger partial charge in [0, 0.05) is 5.56 Å². The third-order valence-corrected chi connectivity index (χ3v) is 2.65. The van der Waals surface area contributed by atoms with Crippen LogP contribution in [0.3, 0.4) is 0 Å². The van der Waals surface area contributed by atoms with Crippen molar-refractivity contribution in [1.82, 2.24) is 0 Å².